The van der Waals surface area contributed by atoms with E-state index >= 15 is 0 Å². The Balaban J connectivity index is 1.35. The van der Waals surface area contributed by atoms with E-state index in [9.17, 15) is 0 Å². The third-order valence-corrected chi connectivity index (χ3v) is 12.6. The average Bonchev–Trinajstić information content (AvgIpc) is 3.87. The van der Waals surface area contributed by atoms with Gasteiger partial charge in [0.05, 0.1) is 14.1 Å². The quantitative estimate of drug-likeness (QED) is 0.179. The molecule has 0 aliphatic carbocycles. The maximum Gasteiger partial charge on any atom is 0.101 e. The van der Waals surface area contributed by atoms with Gasteiger partial charge in [-0.2, -0.15) is 0 Å². The summed E-state index contributed by atoms with van der Waals surface area (Å²) in [6.07, 6.45) is 0. The molecule has 0 aliphatic heterocycles. The number of rotatable bonds is 6. The summed E-state index contributed by atoms with van der Waals surface area (Å²) in [6, 6.07) is 50.0. The van der Waals surface area contributed by atoms with Crippen molar-refractivity contribution in [2.24, 2.45) is 0 Å². The second kappa shape index (κ2) is 10.6. The standard InChI is InChI=1S/C38H24N2S4/c1-5-13-25(14-6-1)39(26-15-7-2-8-16-26)32-23-29-34-35(42-31-21-22-41-38(31)34)30-24-33(44-37(30)36(29)43-32)40(27-17-9-3-10-18-27)28-19-11-4-12-20-28/h1-24H. The van der Waals surface area contributed by atoms with Gasteiger partial charge in [-0.25, -0.2) is 0 Å². The zero-order chi connectivity index (χ0) is 29.0. The lowest BCUT2D eigenvalue weighted by atomic mass is 10.1. The Hall–Kier alpha value is -4.46. The molecule has 0 fully saturated rings. The Morgan fingerprint density at radius 2 is 0.818 bits per heavy atom. The van der Waals surface area contributed by atoms with Crippen LogP contribution in [0, 0.1) is 0 Å². The Kier molecular flexibility index (Phi) is 6.27. The Morgan fingerprint density at radius 3 is 1.30 bits per heavy atom. The SMILES string of the molecule is c1ccc(N(c2ccccc2)c2cc3c(s2)c2sc(N(c4ccccc4)c4ccccc4)cc2c2c4sccc4sc32)cc1. The zero-order valence-corrected chi connectivity index (χ0v) is 26.6. The van der Waals surface area contributed by atoms with E-state index in [2.05, 4.69) is 155 Å². The van der Waals surface area contributed by atoms with Crippen molar-refractivity contribution in [3.8, 4) is 0 Å². The highest BCUT2D eigenvalue weighted by Gasteiger charge is 2.24. The van der Waals surface area contributed by atoms with Gasteiger partial charge in [0.2, 0.25) is 0 Å². The summed E-state index contributed by atoms with van der Waals surface area (Å²) in [7, 11) is 0. The molecule has 0 bridgehead atoms. The van der Waals surface area contributed by atoms with Crippen LogP contribution in [0.2, 0.25) is 0 Å². The molecule has 0 spiro atoms. The summed E-state index contributed by atoms with van der Waals surface area (Å²) in [5, 5.41) is 8.76. The van der Waals surface area contributed by atoms with Crippen LogP contribution in [0.5, 0.6) is 0 Å². The number of benzene rings is 5. The van der Waals surface area contributed by atoms with Gasteiger partial charge in [-0.15, -0.1) is 45.3 Å². The summed E-state index contributed by atoms with van der Waals surface area (Å²) >= 11 is 7.58. The monoisotopic (exact) mass is 636 g/mol. The van der Waals surface area contributed by atoms with Crippen molar-refractivity contribution in [2.45, 2.75) is 0 Å². The van der Waals surface area contributed by atoms with E-state index in [1.165, 1.54) is 49.7 Å². The van der Waals surface area contributed by atoms with Gasteiger partial charge in [-0.1, -0.05) is 72.8 Å². The van der Waals surface area contributed by atoms with Gasteiger partial charge in [0, 0.05) is 48.3 Å². The van der Waals surface area contributed by atoms with Crippen molar-refractivity contribution in [3.05, 3.63) is 145 Å². The highest BCUT2D eigenvalue weighted by Crippen LogP contribution is 2.54. The maximum absolute atomic E-state index is 2.43. The second-order valence-corrected chi connectivity index (χ2v) is 14.6. The predicted octanol–water partition coefficient (Wildman–Crippen LogP) is 13.5. The molecule has 0 aliphatic rings. The molecule has 9 aromatic rings. The molecule has 2 nitrogen and oxygen atoms in total. The molecule has 5 aromatic carbocycles. The lowest BCUT2D eigenvalue weighted by Crippen LogP contribution is -2.07. The van der Waals surface area contributed by atoms with Crippen molar-refractivity contribution in [2.75, 3.05) is 9.80 Å². The van der Waals surface area contributed by atoms with E-state index in [1.54, 1.807) is 0 Å². The molecule has 0 radical (unpaired) electrons. The van der Waals surface area contributed by atoms with Crippen molar-refractivity contribution >= 4 is 118 Å². The van der Waals surface area contributed by atoms with Crippen LogP contribution in [0.15, 0.2) is 145 Å². The highest BCUT2D eigenvalue weighted by molar-refractivity contribution is 7.35. The Morgan fingerprint density at radius 1 is 0.386 bits per heavy atom. The fourth-order valence-electron chi connectivity index (χ4n) is 6.04. The van der Waals surface area contributed by atoms with Crippen LogP contribution in [-0.4, -0.2) is 0 Å². The first kappa shape index (κ1) is 26.0. The van der Waals surface area contributed by atoms with Gasteiger partial charge < -0.3 is 9.80 Å². The van der Waals surface area contributed by atoms with E-state index in [0.29, 0.717) is 0 Å². The summed E-state index contributed by atoms with van der Waals surface area (Å²) in [5.41, 5.74) is 4.65. The molecule has 0 saturated carbocycles. The second-order valence-electron chi connectivity index (χ2n) is 10.6. The molecule has 0 saturated heterocycles. The Bertz CT molecular complexity index is 2310. The van der Waals surface area contributed by atoms with Gasteiger partial charge in [-0.3, -0.25) is 0 Å². The van der Waals surface area contributed by atoms with Crippen LogP contribution in [0.3, 0.4) is 0 Å². The number of para-hydroxylation sites is 4. The van der Waals surface area contributed by atoms with Crippen molar-refractivity contribution in [1.29, 1.82) is 0 Å². The number of fused-ring (bicyclic) bond motifs is 8. The first-order chi connectivity index (χ1) is 21.8. The lowest BCUT2D eigenvalue weighted by Gasteiger charge is -2.23. The number of hydrogen-bond acceptors (Lipinski definition) is 6. The van der Waals surface area contributed by atoms with Crippen molar-refractivity contribution in [1.82, 2.24) is 0 Å². The molecule has 0 atom stereocenters. The zero-order valence-electron chi connectivity index (χ0n) is 23.4. The van der Waals surface area contributed by atoms with Crippen LogP contribution < -0.4 is 9.80 Å². The van der Waals surface area contributed by atoms with E-state index < -0.39 is 0 Å². The van der Waals surface area contributed by atoms with Crippen LogP contribution in [0.25, 0.3) is 39.7 Å². The molecule has 9 rings (SSSR count). The van der Waals surface area contributed by atoms with E-state index in [1.807, 2.05) is 45.3 Å². The van der Waals surface area contributed by atoms with Crippen LogP contribution in [0.1, 0.15) is 0 Å². The van der Waals surface area contributed by atoms with Gasteiger partial charge in [0.25, 0.3) is 0 Å². The fourth-order valence-corrected chi connectivity index (χ4v) is 11.1. The molecule has 44 heavy (non-hydrogen) atoms. The molecular formula is C38H24N2S4. The Labute approximate surface area is 270 Å². The normalized spacial score (nSPS) is 11.6. The number of thiophene rings is 4. The molecule has 0 unspecified atom stereocenters. The predicted molar refractivity (Wildman–Crippen MR) is 197 cm³/mol. The van der Waals surface area contributed by atoms with Crippen LogP contribution >= 0.6 is 45.3 Å². The lowest BCUT2D eigenvalue weighted by molar-refractivity contribution is 1.32. The van der Waals surface area contributed by atoms with Gasteiger partial charge in [0.15, 0.2) is 0 Å². The molecule has 0 N–H and O–H groups in total. The largest absolute Gasteiger partial charge is 0.302 e. The molecule has 6 heteroatoms. The third-order valence-electron chi connectivity index (χ3n) is 7.95. The molecule has 4 aromatic heterocycles. The van der Waals surface area contributed by atoms with Gasteiger partial charge >= 0.3 is 0 Å². The summed E-state index contributed by atoms with van der Waals surface area (Å²) in [6.45, 7) is 0. The van der Waals surface area contributed by atoms with Crippen molar-refractivity contribution < 1.29 is 0 Å². The van der Waals surface area contributed by atoms with E-state index in [4.69, 9.17) is 0 Å². The average molecular weight is 637 g/mol. The minimum atomic E-state index is 1.16. The minimum absolute atomic E-state index is 1.16. The summed E-state index contributed by atoms with van der Waals surface area (Å²) < 4.78 is 6.84. The minimum Gasteiger partial charge on any atom is -0.302 e. The van der Waals surface area contributed by atoms with Crippen molar-refractivity contribution in [3.63, 3.8) is 0 Å². The van der Waals surface area contributed by atoms with Crippen LogP contribution in [0.4, 0.5) is 32.8 Å². The number of hydrogen-bond donors (Lipinski definition) is 0. The molecule has 210 valence electrons. The molecule has 4 heterocycles. The maximum atomic E-state index is 2.43. The summed E-state index contributed by atoms with van der Waals surface area (Å²) in [4.78, 5) is 4.79. The van der Waals surface area contributed by atoms with Gasteiger partial charge in [-0.05, 0) is 72.1 Å². The first-order valence-corrected chi connectivity index (χ1v) is 17.8. The molecular weight excluding hydrogens is 613 g/mol. The highest BCUT2D eigenvalue weighted by atomic mass is 32.1. The number of anilines is 6. The van der Waals surface area contributed by atoms with Gasteiger partial charge in [0.1, 0.15) is 10.0 Å². The third kappa shape index (κ3) is 4.18. The van der Waals surface area contributed by atoms with E-state index in [-0.39, 0.29) is 0 Å². The smallest absolute Gasteiger partial charge is 0.101 e. The summed E-state index contributed by atoms with van der Waals surface area (Å²) in [5.74, 6) is 0. The first-order valence-electron chi connectivity index (χ1n) is 14.4. The topological polar surface area (TPSA) is 6.48 Å². The van der Waals surface area contributed by atoms with E-state index in [0.717, 1.165) is 22.7 Å². The fraction of sp³-hybridized carbons (Fsp3) is 0. The number of nitrogens with zero attached hydrogens (tertiary/aromatic N) is 2. The molecule has 0 amide bonds. The van der Waals surface area contributed by atoms with Crippen LogP contribution in [-0.2, 0) is 0 Å².